The van der Waals surface area contributed by atoms with Gasteiger partial charge >= 0.3 is 0 Å². The van der Waals surface area contributed by atoms with Gasteiger partial charge in [0, 0.05) is 35.8 Å². The zero-order valence-corrected chi connectivity index (χ0v) is 14.5. The molecule has 0 radical (unpaired) electrons. The van der Waals surface area contributed by atoms with E-state index in [2.05, 4.69) is 46.9 Å². The molecule has 0 saturated carbocycles. The Labute approximate surface area is 146 Å². The van der Waals surface area contributed by atoms with E-state index in [9.17, 15) is 4.79 Å². The molecule has 0 spiro atoms. The SMILES string of the molecule is Cc1ccccc1CCC(=O)NCc1cncc(-c2cccs2)c1. The number of hydrogen-bond acceptors (Lipinski definition) is 3. The number of pyridine rings is 1. The van der Waals surface area contributed by atoms with Gasteiger partial charge in [0.1, 0.15) is 0 Å². The van der Waals surface area contributed by atoms with Crippen molar-refractivity contribution in [2.45, 2.75) is 26.3 Å². The molecule has 0 saturated heterocycles. The minimum Gasteiger partial charge on any atom is -0.352 e. The van der Waals surface area contributed by atoms with Crippen LogP contribution < -0.4 is 5.32 Å². The molecular weight excluding hydrogens is 316 g/mol. The minimum absolute atomic E-state index is 0.0692. The van der Waals surface area contributed by atoms with Gasteiger partial charge in [-0.3, -0.25) is 9.78 Å². The number of amides is 1. The summed E-state index contributed by atoms with van der Waals surface area (Å²) in [4.78, 5) is 17.6. The van der Waals surface area contributed by atoms with Crippen LogP contribution in [0.3, 0.4) is 0 Å². The lowest BCUT2D eigenvalue weighted by Crippen LogP contribution is -2.23. The highest BCUT2D eigenvalue weighted by Crippen LogP contribution is 2.24. The Hall–Kier alpha value is -2.46. The Kier molecular flexibility index (Phi) is 5.39. The molecule has 4 heteroatoms. The fourth-order valence-corrected chi connectivity index (χ4v) is 3.30. The topological polar surface area (TPSA) is 42.0 Å². The van der Waals surface area contributed by atoms with E-state index >= 15 is 0 Å². The van der Waals surface area contributed by atoms with E-state index in [1.807, 2.05) is 24.4 Å². The number of nitrogens with one attached hydrogen (secondary N) is 1. The van der Waals surface area contributed by atoms with Crippen LogP contribution in [0.4, 0.5) is 0 Å². The number of nitrogens with zero attached hydrogens (tertiary/aromatic N) is 1. The maximum atomic E-state index is 12.1. The first-order chi connectivity index (χ1) is 11.7. The standard InChI is InChI=1S/C20H20N2OS/c1-15-5-2-3-6-17(15)8-9-20(23)22-13-16-11-18(14-21-12-16)19-7-4-10-24-19/h2-7,10-12,14H,8-9,13H2,1H3,(H,22,23). The Morgan fingerprint density at radius 3 is 2.83 bits per heavy atom. The van der Waals surface area contributed by atoms with Gasteiger partial charge in [0.15, 0.2) is 0 Å². The van der Waals surface area contributed by atoms with Crippen LogP contribution in [0.5, 0.6) is 0 Å². The first-order valence-corrected chi connectivity index (χ1v) is 8.89. The second-order valence-corrected chi connectivity index (χ2v) is 6.71. The lowest BCUT2D eigenvalue weighted by atomic mass is 10.0. The van der Waals surface area contributed by atoms with Crippen molar-refractivity contribution in [1.29, 1.82) is 0 Å². The largest absolute Gasteiger partial charge is 0.352 e. The van der Waals surface area contributed by atoms with Gasteiger partial charge in [-0.15, -0.1) is 11.3 Å². The maximum Gasteiger partial charge on any atom is 0.220 e. The molecule has 0 fully saturated rings. The number of carbonyl (C=O) groups is 1. The number of aromatic nitrogens is 1. The smallest absolute Gasteiger partial charge is 0.220 e. The second kappa shape index (κ2) is 7.88. The van der Waals surface area contributed by atoms with Crippen LogP contribution in [0, 0.1) is 6.92 Å². The Bertz CT molecular complexity index is 812. The van der Waals surface area contributed by atoms with Crippen molar-refractivity contribution in [3.63, 3.8) is 0 Å². The monoisotopic (exact) mass is 336 g/mol. The molecule has 3 rings (SSSR count). The Balaban J connectivity index is 1.53. The van der Waals surface area contributed by atoms with Crippen LogP contribution in [0.2, 0.25) is 0 Å². The van der Waals surface area contributed by atoms with Crippen LogP contribution in [0.15, 0.2) is 60.2 Å². The molecule has 24 heavy (non-hydrogen) atoms. The first-order valence-electron chi connectivity index (χ1n) is 8.01. The molecule has 1 amide bonds. The number of thiophene rings is 1. The van der Waals surface area contributed by atoms with Gasteiger partial charge in [-0.05, 0) is 47.5 Å². The average molecular weight is 336 g/mol. The number of carbonyl (C=O) groups excluding carboxylic acids is 1. The van der Waals surface area contributed by atoms with Crippen molar-refractivity contribution in [1.82, 2.24) is 10.3 Å². The third-order valence-electron chi connectivity index (χ3n) is 3.97. The summed E-state index contributed by atoms with van der Waals surface area (Å²) in [7, 11) is 0. The molecule has 0 aliphatic rings. The molecule has 0 unspecified atom stereocenters. The number of rotatable bonds is 6. The highest BCUT2D eigenvalue weighted by molar-refractivity contribution is 7.13. The summed E-state index contributed by atoms with van der Waals surface area (Å²) in [6, 6.07) is 14.4. The van der Waals surface area contributed by atoms with E-state index in [1.165, 1.54) is 16.0 Å². The minimum atomic E-state index is 0.0692. The molecule has 1 N–H and O–H groups in total. The lowest BCUT2D eigenvalue weighted by Gasteiger charge is -2.08. The molecule has 3 aromatic rings. The van der Waals surface area contributed by atoms with E-state index in [0.29, 0.717) is 13.0 Å². The van der Waals surface area contributed by atoms with Crippen molar-refractivity contribution >= 4 is 17.2 Å². The summed E-state index contributed by atoms with van der Waals surface area (Å²) < 4.78 is 0. The summed E-state index contributed by atoms with van der Waals surface area (Å²) in [5.41, 5.74) is 4.58. The summed E-state index contributed by atoms with van der Waals surface area (Å²) in [6.45, 7) is 2.59. The Morgan fingerprint density at radius 2 is 2.04 bits per heavy atom. The van der Waals surface area contributed by atoms with Gasteiger partial charge in [0.05, 0.1) is 0 Å². The van der Waals surface area contributed by atoms with E-state index in [0.717, 1.165) is 17.5 Å². The predicted octanol–water partition coefficient (Wildman–Crippen LogP) is 4.37. The predicted molar refractivity (Wildman–Crippen MR) is 98.9 cm³/mol. The van der Waals surface area contributed by atoms with Gasteiger partial charge < -0.3 is 5.32 Å². The van der Waals surface area contributed by atoms with E-state index < -0.39 is 0 Å². The second-order valence-electron chi connectivity index (χ2n) is 5.76. The highest BCUT2D eigenvalue weighted by atomic mass is 32.1. The number of hydrogen-bond donors (Lipinski definition) is 1. The highest BCUT2D eigenvalue weighted by Gasteiger charge is 2.05. The van der Waals surface area contributed by atoms with Crippen LogP contribution in [-0.4, -0.2) is 10.9 Å². The van der Waals surface area contributed by atoms with Crippen LogP contribution in [0.25, 0.3) is 10.4 Å². The zero-order valence-electron chi connectivity index (χ0n) is 13.7. The lowest BCUT2D eigenvalue weighted by molar-refractivity contribution is -0.121. The maximum absolute atomic E-state index is 12.1. The molecule has 0 bridgehead atoms. The van der Waals surface area contributed by atoms with Crippen LogP contribution >= 0.6 is 11.3 Å². The molecule has 1 aromatic carbocycles. The van der Waals surface area contributed by atoms with Crippen molar-refractivity contribution in [2.24, 2.45) is 0 Å². The van der Waals surface area contributed by atoms with Gasteiger partial charge in [0.25, 0.3) is 0 Å². The summed E-state index contributed by atoms with van der Waals surface area (Å²) in [5, 5.41) is 5.04. The molecule has 122 valence electrons. The van der Waals surface area contributed by atoms with E-state index in [4.69, 9.17) is 0 Å². The molecule has 0 aliphatic heterocycles. The molecular formula is C20H20N2OS. The van der Waals surface area contributed by atoms with Crippen molar-refractivity contribution in [3.05, 3.63) is 76.9 Å². The zero-order chi connectivity index (χ0) is 16.8. The van der Waals surface area contributed by atoms with Crippen LogP contribution in [0.1, 0.15) is 23.1 Å². The summed E-state index contributed by atoms with van der Waals surface area (Å²) >= 11 is 1.69. The molecule has 2 heterocycles. The molecule has 0 atom stereocenters. The average Bonchev–Trinajstić information content (AvgIpc) is 3.14. The van der Waals surface area contributed by atoms with Crippen molar-refractivity contribution < 1.29 is 4.79 Å². The van der Waals surface area contributed by atoms with E-state index in [-0.39, 0.29) is 5.91 Å². The summed E-state index contributed by atoms with van der Waals surface area (Å²) in [6.07, 6.45) is 4.93. The third-order valence-corrected chi connectivity index (χ3v) is 4.89. The Morgan fingerprint density at radius 1 is 1.17 bits per heavy atom. The van der Waals surface area contributed by atoms with Crippen LogP contribution in [-0.2, 0) is 17.8 Å². The van der Waals surface area contributed by atoms with Crippen molar-refractivity contribution in [2.75, 3.05) is 0 Å². The quantitative estimate of drug-likeness (QED) is 0.726. The van der Waals surface area contributed by atoms with Gasteiger partial charge in [-0.2, -0.15) is 0 Å². The molecule has 0 aliphatic carbocycles. The number of benzene rings is 1. The van der Waals surface area contributed by atoms with E-state index in [1.54, 1.807) is 17.5 Å². The normalized spacial score (nSPS) is 10.5. The fourth-order valence-electron chi connectivity index (χ4n) is 2.59. The van der Waals surface area contributed by atoms with Gasteiger partial charge in [-0.1, -0.05) is 30.3 Å². The van der Waals surface area contributed by atoms with Crippen molar-refractivity contribution in [3.8, 4) is 10.4 Å². The van der Waals surface area contributed by atoms with Gasteiger partial charge in [0.2, 0.25) is 5.91 Å². The molecule has 2 aromatic heterocycles. The van der Waals surface area contributed by atoms with Gasteiger partial charge in [-0.25, -0.2) is 0 Å². The third kappa shape index (κ3) is 4.30. The summed E-state index contributed by atoms with van der Waals surface area (Å²) in [5.74, 6) is 0.0692. The first kappa shape index (κ1) is 16.4. The molecule has 3 nitrogen and oxygen atoms in total. The fraction of sp³-hybridized carbons (Fsp3) is 0.200. The number of aryl methyl sites for hydroxylation is 2.